The highest BCUT2D eigenvalue weighted by atomic mass is 19.4. The Morgan fingerprint density at radius 2 is 1.60 bits per heavy atom. The first kappa shape index (κ1) is 14.1. The SMILES string of the molecule is Cc1cccc(-c2ccccc2C(F)(F)F)c1C(=O)O. The fourth-order valence-corrected chi connectivity index (χ4v) is 2.14. The maximum atomic E-state index is 13.0. The molecule has 5 heteroatoms. The van der Waals surface area contributed by atoms with Gasteiger partial charge in [-0.15, -0.1) is 0 Å². The van der Waals surface area contributed by atoms with Crippen LogP contribution in [-0.4, -0.2) is 11.1 Å². The summed E-state index contributed by atoms with van der Waals surface area (Å²) >= 11 is 0. The molecule has 1 N–H and O–H groups in total. The van der Waals surface area contributed by atoms with Gasteiger partial charge in [-0.05, 0) is 29.7 Å². The summed E-state index contributed by atoms with van der Waals surface area (Å²) in [4.78, 5) is 11.3. The minimum atomic E-state index is -4.53. The van der Waals surface area contributed by atoms with Crippen molar-refractivity contribution < 1.29 is 23.1 Å². The Bertz CT molecular complexity index is 660. The fourth-order valence-electron chi connectivity index (χ4n) is 2.14. The Morgan fingerprint density at radius 3 is 2.20 bits per heavy atom. The summed E-state index contributed by atoms with van der Waals surface area (Å²) in [5.41, 5.74) is -0.573. The molecule has 0 aliphatic rings. The maximum absolute atomic E-state index is 13.0. The number of hydrogen-bond donors (Lipinski definition) is 1. The van der Waals surface area contributed by atoms with Gasteiger partial charge in [0, 0.05) is 0 Å². The molecule has 0 radical (unpaired) electrons. The van der Waals surface area contributed by atoms with E-state index in [1.807, 2.05) is 0 Å². The van der Waals surface area contributed by atoms with Gasteiger partial charge in [-0.1, -0.05) is 36.4 Å². The summed E-state index contributed by atoms with van der Waals surface area (Å²) in [7, 11) is 0. The molecule has 104 valence electrons. The summed E-state index contributed by atoms with van der Waals surface area (Å²) in [6.45, 7) is 1.56. The van der Waals surface area contributed by atoms with Crippen molar-refractivity contribution in [2.24, 2.45) is 0 Å². The quantitative estimate of drug-likeness (QED) is 0.886. The van der Waals surface area contributed by atoms with Gasteiger partial charge >= 0.3 is 12.1 Å². The zero-order chi connectivity index (χ0) is 14.9. The number of hydrogen-bond acceptors (Lipinski definition) is 1. The van der Waals surface area contributed by atoms with Crippen molar-refractivity contribution in [2.45, 2.75) is 13.1 Å². The molecule has 2 aromatic carbocycles. The van der Waals surface area contributed by atoms with Crippen molar-refractivity contribution in [2.75, 3.05) is 0 Å². The Morgan fingerprint density at radius 1 is 1.00 bits per heavy atom. The van der Waals surface area contributed by atoms with Crippen molar-refractivity contribution >= 4 is 5.97 Å². The van der Waals surface area contributed by atoms with Crippen molar-refractivity contribution in [3.8, 4) is 11.1 Å². The number of alkyl halides is 3. The zero-order valence-corrected chi connectivity index (χ0v) is 10.5. The number of rotatable bonds is 2. The topological polar surface area (TPSA) is 37.3 Å². The van der Waals surface area contributed by atoms with Crippen LogP contribution in [0.1, 0.15) is 21.5 Å². The van der Waals surface area contributed by atoms with Crippen LogP contribution >= 0.6 is 0 Å². The molecule has 2 aromatic rings. The Hall–Kier alpha value is -2.30. The molecular formula is C15H11F3O2. The van der Waals surface area contributed by atoms with E-state index in [9.17, 15) is 23.1 Å². The van der Waals surface area contributed by atoms with Crippen LogP contribution in [0, 0.1) is 6.92 Å². The van der Waals surface area contributed by atoms with E-state index in [2.05, 4.69) is 0 Å². The smallest absolute Gasteiger partial charge is 0.417 e. The highest BCUT2D eigenvalue weighted by Crippen LogP contribution is 2.38. The van der Waals surface area contributed by atoms with Crippen LogP contribution in [0.15, 0.2) is 42.5 Å². The lowest BCUT2D eigenvalue weighted by Crippen LogP contribution is -2.09. The molecule has 0 spiro atoms. The Labute approximate surface area is 113 Å². The number of benzene rings is 2. The number of halogens is 3. The summed E-state index contributed by atoms with van der Waals surface area (Å²) < 4.78 is 39.1. The maximum Gasteiger partial charge on any atom is 0.417 e. The second-order valence-corrected chi connectivity index (χ2v) is 4.35. The van der Waals surface area contributed by atoms with Crippen molar-refractivity contribution in [1.29, 1.82) is 0 Å². The molecule has 0 heterocycles. The standard InChI is InChI=1S/C15H11F3O2/c1-9-5-4-7-11(13(9)14(19)20)10-6-2-3-8-12(10)15(16,17)18/h2-8H,1H3,(H,19,20). The third kappa shape index (κ3) is 2.52. The molecular weight excluding hydrogens is 269 g/mol. The largest absolute Gasteiger partial charge is 0.478 e. The molecule has 0 fully saturated rings. The highest BCUT2D eigenvalue weighted by Gasteiger charge is 2.34. The molecule has 2 nitrogen and oxygen atoms in total. The molecule has 0 saturated heterocycles. The monoisotopic (exact) mass is 280 g/mol. The van der Waals surface area contributed by atoms with Crippen LogP contribution in [0.2, 0.25) is 0 Å². The van der Waals surface area contributed by atoms with Crippen LogP contribution in [0.3, 0.4) is 0 Å². The van der Waals surface area contributed by atoms with E-state index in [0.29, 0.717) is 5.56 Å². The number of carbonyl (C=O) groups is 1. The number of aromatic carboxylic acids is 1. The molecule has 0 atom stereocenters. The first-order valence-corrected chi connectivity index (χ1v) is 5.82. The van der Waals surface area contributed by atoms with E-state index >= 15 is 0 Å². The number of carboxylic acids is 1. The third-order valence-electron chi connectivity index (χ3n) is 3.01. The molecule has 0 unspecified atom stereocenters. The Balaban J connectivity index is 2.77. The van der Waals surface area contributed by atoms with Crippen molar-refractivity contribution in [1.82, 2.24) is 0 Å². The van der Waals surface area contributed by atoms with Gasteiger partial charge in [0.1, 0.15) is 0 Å². The first-order valence-electron chi connectivity index (χ1n) is 5.82. The van der Waals surface area contributed by atoms with E-state index in [-0.39, 0.29) is 16.7 Å². The van der Waals surface area contributed by atoms with Crippen molar-refractivity contribution in [3.05, 3.63) is 59.2 Å². The van der Waals surface area contributed by atoms with Gasteiger partial charge in [-0.2, -0.15) is 13.2 Å². The van der Waals surface area contributed by atoms with Gasteiger partial charge in [0.15, 0.2) is 0 Å². The minimum absolute atomic E-state index is 0.0745. The highest BCUT2D eigenvalue weighted by molar-refractivity contribution is 5.98. The summed E-state index contributed by atoms with van der Waals surface area (Å²) in [6, 6.07) is 9.46. The second kappa shape index (κ2) is 5.00. The lowest BCUT2D eigenvalue weighted by molar-refractivity contribution is -0.137. The van der Waals surface area contributed by atoms with E-state index < -0.39 is 17.7 Å². The summed E-state index contributed by atoms with van der Waals surface area (Å²) in [5.74, 6) is -1.24. The molecule has 0 amide bonds. The van der Waals surface area contributed by atoms with Crippen LogP contribution in [0.25, 0.3) is 11.1 Å². The molecule has 0 saturated carbocycles. The minimum Gasteiger partial charge on any atom is -0.478 e. The van der Waals surface area contributed by atoms with Crippen LogP contribution in [0.5, 0.6) is 0 Å². The number of aryl methyl sites for hydroxylation is 1. The fraction of sp³-hybridized carbons (Fsp3) is 0.133. The molecule has 0 aliphatic carbocycles. The Kier molecular flexibility index (Phi) is 3.53. The molecule has 0 aliphatic heterocycles. The average Bonchev–Trinajstić information content (AvgIpc) is 2.37. The van der Waals surface area contributed by atoms with E-state index in [1.54, 1.807) is 19.1 Å². The van der Waals surface area contributed by atoms with Gasteiger partial charge in [0.05, 0.1) is 11.1 Å². The van der Waals surface area contributed by atoms with Crippen LogP contribution in [-0.2, 0) is 6.18 Å². The first-order chi connectivity index (χ1) is 9.32. The van der Waals surface area contributed by atoms with E-state index in [4.69, 9.17) is 0 Å². The molecule has 20 heavy (non-hydrogen) atoms. The lowest BCUT2D eigenvalue weighted by Gasteiger charge is -2.15. The zero-order valence-electron chi connectivity index (χ0n) is 10.5. The predicted molar refractivity (Wildman–Crippen MR) is 68.6 cm³/mol. The second-order valence-electron chi connectivity index (χ2n) is 4.35. The predicted octanol–water partition coefficient (Wildman–Crippen LogP) is 4.38. The van der Waals surface area contributed by atoms with Crippen molar-refractivity contribution in [3.63, 3.8) is 0 Å². The van der Waals surface area contributed by atoms with Gasteiger partial charge in [-0.3, -0.25) is 0 Å². The van der Waals surface area contributed by atoms with Gasteiger partial charge in [0.25, 0.3) is 0 Å². The average molecular weight is 280 g/mol. The van der Waals surface area contributed by atoms with Gasteiger partial charge in [-0.25, -0.2) is 4.79 Å². The van der Waals surface area contributed by atoms with E-state index in [1.165, 1.54) is 24.3 Å². The van der Waals surface area contributed by atoms with E-state index in [0.717, 1.165) is 6.07 Å². The summed E-state index contributed by atoms with van der Waals surface area (Å²) in [6.07, 6.45) is -4.53. The molecule has 0 aromatic heterocycles. The number of carboxylic acid groups (broad SMARTS) is 1. The third-order valence-corrected chi connectivity index (χ3v) is 3.01. The van der Waals surface area contributed by atoms with Gasteiger partial charge in [0.2, 0.25) is 0 Å². The van der Waals surface area contributed by atoms with Crippen LogP contribution in [0.4, 0.5) is 13.2 Å². The van der Waals surface area contributed by atoms with Gasteiger partial charge < -0.3 is 5.11 Å². The molecule has 0 bridgehead atoms. The lowest BCUT2D eigenvalue weighted by atomic mass is 9.92. The summed E-state index contributed by atoms with van der Waals surface area (Å²) in [5, 5.41) is 9.22. The van der Waals surface area contributed by atoms with Crippen LogP contribution < -0.4 is 0 Å². The normalized spacial score (nSPS) is 11.4. The molecule has 2 rings (SSSR count).